The number of aromatic nitrogens is 2. The molecule has 0 spiro atoms. The Bertz CT molecular complexity index is 496. The van der Waals surface area contributed by atoms with Crippen LogP contribution in [0.4, 0.5) is 4.39 Å². The number of hydrogen-bond acceptors (Lipinski definition) is 4. The Morgan fingerprint density at radius 3 is 2.88 bits per heavy atom. The van der Waals surface area contributed by atoms with E-state index in [4.69, 9.17) is 0 Å². The van der Waals surface area contributed by atoms with Gasteiger partial charge >= 0.3 is 5.69 Å². The molecule has 2 N–H and O–H groups in total. The number of carbonyl (C=O) groups excluding carboxylic acids is 1. The van der Waals surface area contributed by atoms with Gasteiger partial charge in [-0.1, -0.05) is 12.8 Å². The van der Waals surface area contributed by atoms with Crippen molar-refractivity contribution < 1.29 is 9.18 Å². The molecule has 0 atom stereocenters. The van der Waals surface area contributed by atoms with Crippen LogP contribution in [0.3, 0.4) is 0 Å². The zero-order valence-electron chi connectivity index (χ0n) is 8.20. The fourth-order valence-corrected chi connectivity index (χ4v) is 1.23. The molecule has 1 heterocycles. The van der Waals surface area contributed by atoms with Crippen molar-refractivity contribution in [1.82, 2.24) is 14.3 Å². The van der Waals surface area contributed by atoms with Gasteiger partial charge in [0.25, 0.3) is 5.56 Å². The molecule has 0 aromatic carbocycles. The molecule has 0 aliphatic rings. The van der Waals surface area contributed by atoms with Crippen LogP contribution >= 0.6 is 12.8 Å². The van der Waals surface area contributed by atoms with E-state index in [-0.39, 0.29) is 18.9 Å². The van der Waals surface area contributed by atoms with Gasteiger partial charge in [-0.05, 0) is 6.42 Å². The summed E-state index contributed by atoms with van der Waals surface area (Å²) in [7, 11) is 0. The van der Waals surface area contributed by atoms with Crippen molar-refractivity contribution in [2.24, 2.45) is 0 Å². The number of nitrogens with one attached hydrogen (secondary N) is 2. The molecule has 1 aromatic rings. The second-order valence-corrected chi connectivity index (χ2v) is 3.29. The van der Waals surface area contributed by atoms with Crippen LogP contribution in [-0.4, -0.2) is 15.5 Å². The molecule has 0 saturated carbocycles. The topological polar surface area (TPSA) is 84.0 Å². The SMILES string of the molecule is O=C(CCCn1cc(F)c(=O)[nH]c1=O)NS. The standard InChI is InChI=1S/C8H10FN3O3S/c9-5-4-12(8(15)10-7(5)14)3-1-2-6(13)11-16/h4,16H,1-3H2,(H,11,13)(H,10,14,15). The zero-order valence-corrected chi connectivity index (χ0v) is 9.09. The molecular weight excluding hydrogens is 237 g/mol. The van der Waals surface area contributed by atoms with Crippen LogP contribution in [0, 0.1) is 5.82 Å². The second-order valence-electron chi connectivity index (χ2n) is 3.07. The highest BCUT2D eigenvalue weighted by atomic mass is 32.1. The summed E-state index contributed by atoms with van der Waals surface area (Å²) in [4.78, 5) is 34.5. The van der Waals surface area contributed by atoms with Crippen LogP contribution in [-0.2, 0) is 11.3 Å². The van der Waals surface area contributed by atoms with Gasteiger partial charge in [-0.15, -0.1) is 0 Å². The number of aryl methyl sites for hydroxylation is 1. The third-order valence-electron chi connectivity index (χ3n) is 1.89. The van der Waals surface area contributed by atoms with Gasteiger partial charge in [0.05, 0.1) is 6.20 Å². The minimum atomic E-state index is -1.05. The first-order chi connectivity index (χ1) is 7.54. The molecule has 0 unspecified atom stereocenters. The smallest absolute Gasteiger partial charge is 0.303 e. The molecule has 6 nitrogen and oxygen atoms in total. The average molecular weight is 247 g/mol. The first kappa shape index (κ1) is 12.5. The molecule has 1 rings (SSSR count). The number of H-pyrrole nitrogens is 1. The van der Waals surface area contributed by atoms with E-state index >= 15 is 0 Å². The fourth-order valence-electron chi connectivity index (χ4n) is 1.11. The molecule has 0 saturated heterocycles. The number of aromatic amines is 1. The third kappa shape index (κ3) is 3.23. The highest BCUT2D eigenvalue weighted by Crippen LogP contribution is 1.93. The molecule has 0 bridgehead atoms. The van der Waals surface area contributed by atoms with Gasteiger partial charge in [-0.25, -0.2) is 4.79 Å². The van der Waals surface area contributed by atoms with E-state index in [9.17, 15) is 18.8 Å². The maximum absolute atomic E-state index is 12.8. The minimum Gasteiger partial charge on any atom is -0.303 e. The predicted octanol–water partition coefficient (Wildman–Crippen LogP) is -0.583. The lowest BCUT2D eigenvalue weighted by Crippen LogP contribution is -2.31. The van der Waals surface area contributed by atoms with Crippen molar-refractivity contribution in [3.05, 3.63) is 32.9 Å². The summed E-state index contributed by atoms with van der Waals surface area (Å²) in [5.41, 5.74) is -1.74. The van der Waals surface area contributed by atoms with E-state index in [1.807, 2.05) is 4.98 Å². The lowest BCUT2D eigenvalue weighted by molar-refractivity contribution is -0.119. The number of amides is 1. The average Bonchev–Trinajstić information content (AvgIpc) is 2.25. The summed E-state index contributed by atoms with van der Waals surface area (Å²) in [6.45, 7) is 0.147. The van der Waals surface area contributed by atoms with E-state index in [1.165, 1.54) is 0 Å². The predicted molar refractivity (Wildman–Crippen MR) is 57.6 cm³/mol. The maximum Gasteiger partial charge on any atom is 0.328 e. The van der Waals surface area contributed by atoms with E-state index in [1.54, 1.807) is 0 Å². The first-order valence-corrected chi connectivity index (χ1v) is 4.91. The van der Waals surface area contributed by atoms with E-state index < -0.39 is 17.1 Å². The van der Waals surface area contributed by atoms with Gasteiger partial charge in [0.1, 0.15) is 0 Å². The summed E-state index contributed by atoms with van der Waals surface area (Å²) < 4.78 is 15.9. The van der Waals surface area contributed by atoms with Crippen molar-refractivity contribution in [2.45, 2.75) is 19.4 Å². The molecule has 0 radical (unpaired) electrons. The molecule has 0 fully saturated rings. The fraction of sp³-hybridized carbons (Fsp3) is 0.375. The normalized spacial score (nSPS) is 10.1. The molecule has 0 aliphatic carbocycles. The van der Waals surface area contributed by atoms with Crippen LogP contribution in [0.5, 0.6) is 0 Å². The minimum absolute atomic E-state index is 0.147. The molecule has 1 aromatic heterocycles. The third-order valence-corrected chi connectivity index (χ3v) is 2.14. The lowest BCUT2D eigenvalue weighted by atomic mass is 10.3. The molecule has 1 amide bonds. The van der Waals surface area contributed by atoms with Crippen molar-refractivity contribution in [1.29, 1.82) is 0 Å². The van der Waals surface area contributed by atoms with Crippen molar-refractivity contribution in [3.8, 4) is 0 Å². The van der Waals surface area contributed by atoms with E-state index in [0.717, 1.165) is 10.8 Å². The summed E-state index contributed by atoms with van der Waals surface area (Å²) >= 11 is 3.55. The monoisotopic (exact) mass is 247 g/mol. The number of thiol groups is 1. The van der Waals surface area contributed by atoms with Gasteiger partial charge in [0.15, 0.2) is 0 Å². The number of rotatable bonds is 4. The van der Waals surface area contributed by atoms with E-state index in [2.05, 4.69) is 17.5 Å². The Morgan fingerprint density at radius 2 is 2.25 bits per heavy atom. The molecule has 16 heavy (non-hydrogen) atoms. The Morgan fingerprint density at radius 1 is 1.56 bits per heavy atom. The summed E-state index contributed by atoms with van der Waals surface area (Å²) in [5, 5.41) is 0. The number of nitrogens with zero attached hydrogens (tertiary/aromatic N) is 1. The van der Waals surface area contributed by atoms with Crippen LogP contribution in [0.25, 0.3) is 0 Å². The van der Waals surface area contributed by atoms with Gasteiger partial charge in [-0.3, -0.25) is 19.1 Å². The van der Waals surface area contributed by atoms with Gasteiger partial charge < -0.3 is 4.72 Å². The highest BCUT2D eigenvalue weighted by molar-refractivity contribution is 7.78. The summed E-state index contributed by atoms with van der Waals surface area (Å²) in [6, 6.07) is 0. The molecular formula is C8H10FN3O3S. The second kappa shape index (κ2) is 5.50. The Labute approximate surface area is 95.0 Å². The Hall–Kier alpha value is -1.57. The summed E-state index contributed by atoms with van der Waals surface area (Å²) in [5.74, 6) is -1.32. The number of halogens is 1. The van der Waals surface area contributed by atoms with Gasteiger partial charge in [-0.2, -0.15) is 4.39 Å². The highest BCUT2D eigenvalue weighted by Gasteiger charge is 2.04. The van der Waals surface area contributed by atoms with Crippen molar-refractivity contribution in [3.63, 3.8) is 0 Å². The van der Waals surface area contributed by atoms with Gasteiger partial charge in [0, 0.05) is 13.0 Å². The van der Waals surface area contributed by atoms with Crippen LogP contribution < -0.4 is 16.0 Å². The first-order valence-electron chi connectivity index (χ1n) is 4.47. The van der Waals surface area contributed by atoms with Crippen molar-refractivity contribution >= 4 is 18.7 Å². The lowest BCUT2D eigenvalue weighted by Gasteiger charge is -2.03. The van der Waals surface area contributed by atoms with Gasteiger partial charge in [0.2, 0.25) is 11.7 Å². The molecule has 88 valence electrons. The number of carbonyl (C=O) groups is 1. The summed E-state index contributed by atoms with van der Waals surface area (Å²) in [6.07, 6.45) is 1.33. The van der Waals surface area contributed by atoms with E-state index in [0.29, 0.717) is 6.42 Å². The largest absolute Gasteiger partial charge is 0.328 e. The molecule has 8 heteroatoms. The van der Waals surface area contributed by atoms with Crippen LogP contribution in [0.1, 0.15) is 12.8 Å². The van der Waals surface area contributed by atoms with Crippen molar-refractivity contribution in [2.75, 3.05) is 0 Å². The molecule has 0 aliphatic heterocycles. The zero-order chi connectivity index (χ0) is 12.1. The van der Waals surface area contributed by atoms with Crippen LogP contribution in [0.2, 0.25) is 0 Å². The Kier molecular flexibility index (Phi) is 4.29. The quantitative estimate of drug-likeness (QED) is 0.622. The number of hydrogen-bond donors (Lipinski definition) is 3. The Balaban J connectivity index is 2.68. The van der Waals surface area contributed by atoms with Crippen LogP contribution in [0.15, 0.2) is 15.8 Å². The maximum atomic E-state index is 12.8.